The summed E-state index contributed by atoms with van der Waals surface area (Å²) in [7, 11) is 0. The van der Waals surface area contributed by atoms with Crippen LogP contribution in [0.15, 0.2) is 28.8 Å². The van der Waals surface area contributed by atoms with Crippen LogP contribution in [0.2, 0.25) is 5.02 Å². The lowest BCUT2D eigenvalue weighted by molar-refractivity contribution is 0.106. The van der Waals surface area contributed by atoms with E-state index in [1.54, 1.807) is 19.1 Å². The molecule has 0 bridgehead atoms. The highest BCUT2D eigenvalue weighted by Gasteiger charge is 2.08. The van der Waals surface area contributed by atoms with E-state index < -0.39 is 6.10 Å². The maximum atomic E-state index is 9.79. The molecular weight excluding hydrogens is 282 g/mol. The van der Waals surface area contributed by atoms with E-state index in [0.717, 1.165) is 0 Å². The van der Waals surface area contributed by atoms with Crippen LogP contribution in [0.5, 0.6) is 5.75 Å². The van der Waals surface area contributed by atoms with Crippen molar-refractivity contribution in [3.63, 3.8) is 0 Å². The fourth-order valence-corrected chi connectivity index (χ4v) is 1.76. The number of ether oxygens (including phenoxy) is 1. The van der Waals surface area contributed by atoms with Gasteiger partial charge in [-0.05, 0) is 12.1 Å². The molecule has 1 aromatic carbocycles. The lowest BCUT2D eigenvalue weighted by Crippen LogP contribution is -2.31. The molecule has 1 unspecified atom stereocenters. The smallest absolute Gasteiger partial charge is 0.223 e. The van der Waals surface area contributed by atoms with Gasteiger partial charge in [0.15, 0.2) is 5.82 Å². The topological polar surface area (TPSA) is 80.4 Å². The molecule has 0 aliphatic heterocycles. The highest BCUT2D eigenvalue weighted by atomic mass is 35.5. The summed E-state index contributed by atoms with van der Waals surface area (Å²) < 4.78 is 10.3. The van der Waals surface area contributed by atoms with Gasteiger partial charge in [0.25, 0.3) is 0 Å². The van der Waals surface area contributed by atoms with Gasteiger partial charge in [-0.25, -0.2) is 0 Å². The van der Waals surface area contributed by atoms with E-state index in [1.807, 2.05) is 12.1 Å². The van der Waals surface area contributed by atoms with E-state index in [1.165, 1.54) is 0 Å². The average molecular weight is 298 g/mol. The van der Waals surface area contributed by atoms with Crippen molar-refractivity contribution in [2.75, 3.05) is 13.2 Å². The van der Waals surface area contributed by atoms with Gasteiger partial charge in [-0.2, -0.15) is 4.98 Å². The highest BCUT2D eigenvalue weighted by Crippen LogP contribution is 2.22. The summed E-state index contributed by atoms with van der Waals surface area (Å²) in [6, 6.07) is 7.13. The molecule has 0 saturated carbocycles. The number of nitrogens with zero attached hydrogens (tertiary/aromatic N) is 2. The van der Waals surface area contributed by atoms with Gasteiger partial charge in [0.05, 0.1) is 11.6 Å². The summed E-state index contributed by atoms with van der Waals surface area (Å²) >= 11 is 5.95. The Labute approximate surface area is 121 Å². The maximum Gasteiger partial charge on any atom is 0.223 e. The van der Waals surface area contributed by atoms with Crippen LogP contribution < -0.4 is 10.1 Å². The first kappa shape index (κ1) is 14.8. The first-order valence-electron chi connectivity index (χ1n) is 6.20. The number of benzene rings is 1. The SMILES string of the molecule is Cc1nc(CNCC(O)COc2ccccc2Cl)no1. The van der Waals surface area contributed by atoms with E-state index in [4.69, 9.17) is 20.9 Å². The molecule has 1 atom stereocenters. The molecule has 0 fully saturated rings. The van der Waals surface area contributed by atoms with Gasteiger partial charge in [-0.3, -0.25) is 0 Å². The van der Waals surface area contributed by atoms with E-state index in [0.29, 0.717) is 35.6 Å². The number of aliphatic hydroxyl groups excluding tert-OH is 1. The third-order valence-electron chi connectivity index (χ3n) is 2.50. The van der Waals surface area contributed by atoms with Crippen molar-refractivity contribution < 1.29 is 14.4 Å². The molecule has 20 heavy (non-hydrogen) atoms. The van der Waals surface area contributed by atoms with Crippen LogP contribution in [0, 0.1) is 6.92 Å². The van der Waals surface area contributed by atoms with Crippen LogP contribution >= 0.6 is 11.6 Å². The van der Waals surface area contributed by atoms with Crippen LogP contribution in [-0.4, -0.2) is 34.5 Å². The quantitative estimate of drug-likeness (QED) is 0.807. The largest absolute Gasteiger partial charge is 0.489 e. The summed E-state index contributed by atoms with van der Waals surface area (Å²) in [5.41, 5.74) is 0. The molecule has 0 aliphatic rings. The van der Waals surface area contributed by atoms with Crippen LogP contribution in [0.25, 0.3) is 0 Å². The Kier molecular flexibility index (Phi) is 5.34. The van der Waals surface area contributed by atoms with Crippen LogP contribution in [0.4, 0.5) is 0 Å². The van der Waals surface area contributed by atoms with Gasteiger partial charge in [-0.1, -0.05) is 28.9 Å². The van der Waals surface area contributed by atoms with Crippen molar-refractivity contribution in [3.8, 4) is 5.75 Å². The molecule has 1 heterocycles. The highest BCUT2D eigenvalue weighted by molar-refractivity contribution is 6.32. The zero-order chi connectivity index (χ0) is 14.4. The minimum Gasteiger partial charge on any atom is -0.489 e. The van der Waals surface area contributed by atoms with Gasteiger partial charge >= 0.3 is 0 Å². The number of para-hydroxylation sites is 1. The molecule has 2 rings (SSSR count). The van der Waals surface area contributed by atoms with Crippen LogP contribution in [0.3, 0.4) is 0 Å². The van der Waals surface area contributed by atoms with Crippen LogP contribution in [0.1, 0.15) is 11.7 Å². The number of aliphatic hydroxyl groups is 1. The molecule has 2 N–H and O–H groups in total. The molecule has 0 spiro atoms. The molecule has 6 nitrogen and oxygen atoms in total. The molecular formula is C13H16ClN3O3. The lowest BCUT2D eigenvalue weighted by Gasteiger charge is -2.13. The second-order valence-electron chi connectivity index (χ2n) is 4.26. The minimum atomic E-state index is -0.653. The van der Waals surface area contributed by atoms with E-state index in [-0.39, 0.29) is 6.61 Å². The van der Waals surface area contributed by atoms with Crippen molar-refractivity contribution in [1.82, 2.24) is 15.5 Å². The summed E-state index contributed by atoms with van der Waals surface area (Å²) in [5, 5.41) is 17.1. The van der Waals surface area contributed by atoms with Crippen molar-refractivity contribution in [2.45, 2.75) is 19.6 Å². The Balaban J connectivity index is 1.68. The second kappa shape index (κ2) is 7.23. The van der Waals surface area contributed by atoms with E-state index in [2.05, 4.69) is 15.5 Å². The predicted octanol–water partition coefficient (Wildman–Crippen LogP) is 1.56. The predicted molar refractivity (Wildman–Crippen MR) is 73.7 cm³/mol. The van der Waals surface area contributed by atoms with Gasteiger partial charge in [-0.15, -0.1) is 0 Å². The standard InChI is InChI=1S/C13H16ClN3O3/c1-9-16-13(17-20-9)7-15-6-10(18)8-19-12-5-3-2-4-11(12)14/h2-5,10,15,18H,6-8H2,1H3. The van der Waals surface area contributed by atoms with Gasteiger partial charge in [0.2, 0.25) is 5.89 Å². The Morgan fingerprint density at radius 1 is 1.45 bits per heavy atom. The number of rotatable bonds is 7. The van der Waals surface area contributed by atoms with Gasteiger partial charge in [0, 0.05) is 13.5 Å². The second-order valence-corrected chi connectivity index (χ2v) is 4.66. The van der Waals surface area contributed by atoms with Crippen LogP contribution in [-0.2, 0) is 6.54 Å². The Hall–Kier alpha value is -1.63. The normalized spacial score (nSPS) is 12.3. The Morgan fingerprint density at radius 2 is 2.25 bits per heavy atom. The van der Waals surface area contributed by atoms with Crippen molar-refractivity contribution >= 4 is 11.6 Å². The van der Waals surface area contributed by atoms with Gasteiger partial charge in [0.1, 0.15) is 18.5 Å². The summed E-state index contributed by atoms with van der Waals surface area (Å²) in [5.74, 6) is 1.63. The monoisotopic (exact) mass is 297 g/mol. The Bertz CT molecular complexity index is 547. The molecule has 0 saturated heterocycles. The zero-order valence-corrected chi connectivity index (χ0v) is 11.8. The minimum absolute atomic E-state index is 0.155. The molecule has 108 valence electrons. The summed E-state index contributed by atoms with van der Waals surface area (Å²) in [4.78, 5) is 4.04. The first-order chi connectivity index (χ1) is 9.65. The molecule has 2 aromatic rings. The van der Waals surface area contributed by atoms with E-state index in [9.17, 15) is 5.11 Å². The van der Waals surface area contributed by atoms with Crippen molar-refractivity contribution in [3.05, 3.63) is 41.0 Å². The molecule has 0 radical (unpaired) electrons. The third kappa shape index (κ3) is 4.48. The lowest BCUT2D eigenvalue weighted by atomic mass is 10.3. The van der Waals surface area contributed by atoms with Crippen molar-refractivity contribution in [2.24, 2.45) is 0 Å². The maximum absolute atomic E-state index is 9.79. The third-order valence-corrected chi connectivity index (χ3v) is 2.81. The van der Waals surface area contributed by atoms with Crippen molar-refractivity contribution in [1.29, 1.82) is 0 Å². The number of nitrogens with one attached hydrogen (secondary N) is 1. The fourth-order valence-electron chi connectivity index (χ4n) is 1.57. The first-order valence-corrected chi connectivity index (χ1v) is 6.58. The summed E-state index contributed by atoms with van der Waals surface area (Å²) in [6.45, 7) is 2.67. The number of hydrogen-bond donors (Lipinski definition) is 2. The number of aromatic nitrogens is 2. The molecule has 7 heteroatoms. The number of halogens is 1. The summed E-state index contributed by atoms with van der Waals surface area (Å²) in [6.07, 6.45) is -0.653. The molecule has 0 aliphatic carbocycles. The molecule has 0 amide bonds. The molecule has 1 aromatic heterocycles. The van der Waals surface area contributed by atoms with Gasteiger partial charge < -0.3 is 19.7 Å². The number of hydrogen-bond acceptors (Lipinski definition) is 6. The van der Waals surface area contributed by atoms with E-state index >= 15 is 0 Å². The fraction of sp³-hybridized carbons (Fsp3) is 0.385. The number of aryl methyl sites for hydroxylation is 1. The average Bonchev–Trinajstić information content (AvgIpc) is 2.83. The zero-order valence-electron chi connectivity index (χ0n) is 11.0. The Morgan fingerprint density at radius 3 is 2.95 bits per heavy atom.